The van der Waals surface area contributed by atoms with E-state index in [0.717, 1.165) is 51.5 Å². The highest BCUT2D eigenvalue weighted by atomic mass is 35.5. The summed E-state index contributed by atoms with van der Waals surface area (Å²) in [6.07, 6.45) is 2.11. The van der Waals surface area contributed by atoms with Gasteiger partial charge in [0, 0.05) is 18.5 Å². The number of carboxylic acids is 2. The van der Waals surface area contributed by atoms with E-state index in [2.05, 4.69) is 41.7 Å². The molecule has 0 aliphatic carbocycles. The van der Waals surface area contributed by atoms with E-state index in [1.165, 1.54) is 30.2 Å². The number of hydrazone groups is 2. The van der Waals surface area contributed by atoms with Crippen LogP contribution in [0, 0.1) is 0 Å². The number of carbonyl (C=O) groups is 7. The number of nitrogens with zero attached hydrogens (tertiary/aromatic N) is 7. The number of nitrogen functional groups attached to an aromatic ring is 1. The van der Waals surface area contributed by atoms with Crippen LogP contribution in [-0.2, 0) is 24.0 Å². The summed E-state index contributed by atoms with van der Waals surface area (Å²) in [6, 6.07) is -1.27. The third-order valence-electron chi connectivity index (χ3n) is 8.57. The van der Waals surface area contributed by atoms with Gasteiger partial charge in [-0.05, 0) is 32.9 Å². The third kappa shape index (κ3) is 8.61. The van der Waals surface area contributed by atoms with Crippen LogP contribution in [0.15, 0.2) is 32.9 Å². The van der Waals surface area contributed by atoms with Gasteiger partial charge in [0.25, 0.3) is 11.8 Å². The fourth-order valence-electron chi connectivity index (χ4n) is 5.57. The van der Waals surface area contributed by atoms with E-state index in [1.807, 2.05) is 0 Å². The molecule has 7 amide bonds. The van der Waals surface area contributed by atoms with E-state index in [0.29, 0.717) is 0 Å². The van der Waals surface area contributed by atoms with Crippen molar-refractivity contribution < 1.29 is 58.8 Å². The van der Waals surface area contributed by atoms with Gasteiger partial charge in [-0.2, -0.15) is 10.2 Å². The number of amides is 7. The molecule has 3 aliphatic heterocycles. The summed E-state index contributed by atoms with van der Waals surface area (Å²) < 4.78 is 0. The fraction of sp³-hybridized carbons (Fsp3) is 0.387. The summed E-state index contributed by atoms with van der Waals surface area (Å²) in [7, 11) is 0. The smallest absolute Gasteiger partial charge is 0.350 e. The lowest BCUT2D eigenvalue weighted by Crippen LogP contribution is -2.68. The zero-order chi connectivity index (χ0) is 42.7. The van der Waals surface area contributed by atoms with Gasteiger partial charge < -0.3 is 51.8 Å². The van der Waals surface area contributed by atoms with Gasteiger partial charge in [-0.25, -0.2) is 34.6 Å². The minimum atomic E-state index is -1.99. The van der Waals surface area contributed by atoms with Crippen LogP contribution >= 0.6 is 34.7 Å². The standard InChI is InChI=1S/C31H35ClN12O12S2/c1-13-10-43(37-9-8-36-40-28(54)35-7-6-34-21(47)14-4-5-16(45)20(46)17(14)32)29(55)44(13)31(26(52)53)12-42-23(49)19(24(42)58-31)39-22(48)18(15-11-57-27(33)38-15)41-56-30(2,3)25(50)51/h4-5,8-9,11,13,19,24,45-46H,6-7,10,12H2,1-3H3,(H2,33,38)(H,34,47)(H,39,48)(H,50,51)(H,52,53)(H2,35,40,54)/b36-8+,37-9+,41-18-/t13-,19?,24+,31+/m0/s1. The Labute approximate surface area is 340 Å². The van der Waals surface area contributed by atoms with E-state index in [4.69, 9.17) is 22.2 Å². The number of hydrogen-bond donors (Lipinski definition) is 9. The highest BCUT2D eigenvalue weighted by molar-refractivity contribution is 8.02. The lowest BCUT2D eigenvalue weighted by molar-refractivity contribution is -0.161. The molecule has 0 bridgehead atoms. The van der Waals surface area contributed by atoms with Gasteiger partial charge in [0.1, 0.15) is 17.1 Å². The Bertz CT molecular complexity index is 2130. The van der Waals surface area contributed by atoms with E-state index < -0.39 is 93.4 Å². The van der Waals surface area contributed by atoms with Gasteiger partial charge in [-0.15, -0.1) is 11.3 Å². The molecule has 3 saturated heterocycles. The second-order valence-corrected chi connectivity index (χ2v) is 15.6. The fourth-order valence-corrected chi connectivity index (χ4v) is 8.08. The molecule has 10 N–H and O–H groups in total. The molecule has 0 spiro atoms. The second kappa shape index (κ2) is 17.0. The average Bonchev–Trinajstić information content (AvgIpc) is 3.84. The number of halogens is 1. The Morgan fingerprint density at radius 2 is 1.84 bits per heavy atom. The quantitative estimate of drug-likeness (QED) is 0.0354. The number of urea groups is 2. The minimum Gasteiger partial charge on any atom is -0.504 e. The number of β-lactam (4-membered cyclic amide) rings is 1. The van der Waals surface area contributed by atoms with Crippen LogP contribution in [-0.4, -0.2) is 154 Å². The second-order valence-electron chi connectivity index (χ2n) is 13.0. The van der Waals surface area contributed by atoms with Gasteiger partial charge >= 0.3 is 24.0 Å². The molecular weight excluding hydrogens is 832 g/mol. The van der Waals surface area contributed by atoms with Crippen molar-refractivity contribution in [2.24, 2.45) is 15.4 Å². The third-order valence-corrected chi connectivity index (χ3v) is 11.3. The predicted molar refractivity (Wildman–Crippen MR) is 205 cm³/mol. The SMILES string of the molecule is C[C@H]1CN(/N=C/C=N/NC(=O)NCCNC(=O)c2ccc(O)c(O)c2Cl)C(=O)N1[C@]1(C(=O)O)CN2C(=O)C(NC(=O)/C(=N\OC(C)(C)C(=O)O)c3csc(N)n3)[C@H]2S1. The number of aromatic hydroxyl groups is 2. The van der Waals surface area contributed by atoms with Crippen molar-refractivity contribution in [1.29, 1.82) is 0 Å². The molecule has 4 atom stereocenters. The highest BCUT2D eigenvalue weighted by Gasteiger charge is 2.67. The molecule has 3 fully saturated rings. The normalized spacial score (nSPS) is 21.9. The Balaban J connectivity index is 1.15. The van der Waals surface area contributed by atoms with Gasteiger partial charge in [0.15, 0.2) is 22.3 Å². The van der Waals surface area contributed by atoms with Crippen molar-refractivity contribution in [2.75, 3.05) is 31.9 Å². The molecule has 2 aromatic rings. The van der Waals surface area contributed by atoms with Crippen molar-refractivity contribution >= 4 is 99.7 Å². The first kappa shape index (κ1) is 42.7. The van der Waals surface area contributed by atoms with Crippen LogP contribution in [0.25, 0.3) is 0 Å². The number of aliphatic carboxylic acids is 2. The summed E-state index contributed by atoms with van der Waals surface area (Å²) >= 11 is 7.59. The number of phenols is 2. The van der Waals surface area contributed by atoms with Gasteiger partial charge in [0.2, 0.25) is 16.4 Å². The number of benzene rings is 1. The number of carbonyl (C=O) groups excluding carboxylic acids is 5. The molecule has 27 heteroatoms. The zero-order valence-corrected chi connectivity index (χ0v) is 32.8. The molecule has 5 rings (SSSR count). The summed E-state index contributed by atoms with van der Waals surface area (Å²) in [4.78, 5) is 98.3. The number of fused-ring (bicyclic) bond motifs is 1. The number of anilines is 1. The number of carboxylic acid groups (broad SMARTS) is 2. The number of phenolic OH excluding ortho intramolecular Hbond substituents is 2. The van der Waals surface area contributed by atoms with Crippen molar-refractivity contribution in [1.82, 2.24) is 41.2 Å². The number of nitrogens with one attached hydrogen (secondary N) is 4. The first-order valence-electron chi connectivity index (χ1n) is 16.7. The molecule has 1 unspecified atom stereocenters. The first-order chi connectivity index (χ1) is 27.3. The lowest BCUT2D eigenvalue weighted by atomic mass is 10.0. The average molecular weight is 867 g/mol. The van der Waals surface area contributed by atoms with Crippen LogP contribution in [0.3, 0.4) is 0 Å². The van der Waals surface area contributed by atoms with Crippen LogP contribution < -0.4 is 27.1 Å². The molecule has 0 saturated carbocycles. The predicted octanol–water partition coefficient (Wildman–Crippen LogP) is -0.618. The van der Waals surface area contributed by atoms with Crippen molar-refractivity contribution in [3.05, 3.63) is 33.8 Å². The lowest BCUT2D eigenvalue weighted by Gasteiger charge is -2.41. The summed E-state index contributed by atoms with van der Waals surface area (Å²) in [5.41, 5.74) is 5.35. The number of rotatable bonds is 15. The van der Waals surface area contributed by atoms with E-state index in [1.54, 1.807) is 6.92 Å². The maximum Gasteiger partial charge on any atom is 0.350 e. The molecule has 1 aromatic carbocycles. The monoisotopic (exact) mass is 866 g/mol. The zero-order valence-electron chi connectivity index (χ0n) is 30.4. The van der Waals surface area contributed by atoms with Crippen molar-refractivity contribution in [3.8, 4) is 11.5 Å². The van der Waals surface area contributed by atoms with E-state index >= 15 is 0 Å². The van der Waals surface area contributed by atoms with Crippen LogP contribution in [0.2, 0.25) is 5.02 Å². The van der Waals surface area contributed by atoms with Crippen LogP contribution in [0.1, 0.15) is 36.8 Å². The van der Waals surface area contributed by atoms with E-state index in [-0.39, 0.29) is 41.0 Å². The van der Waals surface area contributed by atoms with Gasteiger partial charge in [-0.1, -0.05) is 28.5 Å². The number of oxime groups is 1. The molecule has 310 valence electrons. The summed E-state index contributed by atoms with van der Waals surface area (Å²) in [6.45, 7) is 3.41. The summed E-state index contributed by atoms with van der Waals surface area (Å²) in [5.74, 6) is -6.26. The number of nitrogens with two attached hydrogens (primary N) is 1. The molecule has 58 heavy (non-hydrogen) atoms. The van der Waals surface area contributed by atoms with Crippen LogP contribution in [0.5, 0.6) is 11.5 Å². The Morgan fingerprint density at radius 1 is 1.14 bits per heavy atom. The van der Waals surface area contributed by atoms with Gasteiger partial charge in [0.05, 0.1) is 42.1 Å². The first-order valence-corrected chi connectivity index (χ1v) is 18.8. The van der Waals surface area contributed by atoms with E-state index in [9.17, 15) is 54.0 Å². The Hall–Kier alpha value is -6.41. The number of thioether (sulfide) groups is 1. The molecule has 24 nitrogen and oxygen atoms in total. The Morgan fingerprint density at radius 3 is 2.50 bits per heavy atom. The molecule has 4 heterocycles. The minimum absolute atomic E-state index is 0.0393. The topological polar surface area (TPSA) is 343 Å². The number of hydrogen-bond acceptors (Lipinski definition) is 17. The maximum atomic E-state index is 13.6. The number of thiazole rings is 1. The Kier molecular flexibility index (Phi) is 12.5. The number of aromatic nitrogens is 1. The molecule has 3 aliphatic rings. The van der Waals surface area contributed by atoms with Gasteiger partial charge in [-0.3, -0.25) is 19.3 Å². The largest absolute Gasteiger partial charge is 0.504 e. The van der Waals surface area contributed by atoms with Crippen molar-refractivity contribution in [2.45, 2.75) is 48.7 Å². The van der Waals surface area contributed by atoms with Crippen LogP contribution in [0.4, 0.5) is 14.7 Å². The molecule has 1 aromatic heterocycles. The van der Waals surface area contributed by atoms with Crippen molar-refractivity contribution in [3.63, 3.8) is 0 Å². The maximum absolute atomic E-state index is 13.6. The molecular formula is C31H35ClN12O12S2. The highest BCUT2D eigenvalue weighted by Crippen LogP contribution is 2.50. The molecule has 0 radical (unpaired) electrons. The summed E-state index contributed by atoms with van der Waals surface area (Å²) in [5, 5.41) is 58.9.